The number of rotatable bonds is 5. The second kappa shape index (κ2) is 5.41. The van der Waals surface area contributed by atoms with Crippen LogP contribution in [0.5, 0.6) is 0 Å². The van der Waals surface area contributed by atoms with Gasteiger partial charge in [0.05, 0.1) is 7.11 Å². The van der Waals surface area contributed by atoms with E-state index in [4.69, 9.17) is 4.74 Å². The minimum absolute atomic E-state index is 0.296. The van der Waals surface area contributed by atoms with Crippen molar-refractivity contribution in [2.45, 2.75) is 13.8 Å². The predicted molar refractivity (Wildman–Crippen MR) is 58.4 cm³/mol. The molecule has 13 heavy (non-hydrogen) atoms. The van der Waals surface area contributed by atoms with E-state index < -0.39 is 0 Å². The van der Waals surface area contributed by atoms with E-state index in [1.165, 1.54) is 0 Å². The fraction of sp³-hybridized carbons (Fsp3) is 0.333. The zero-order valence-corrected chi connectivity index (χ0v) is 8.76. The van der Waals surface area contributed by atoms with Gasteiger partial charge in [0.1, 0.15) is 5.76 Å². The van der Waals surface area contributed by atoms with Gasteiger partial charge in [-0.2, -0.15) is 0 Å². The molecule has 0 amide bonds. The van der Waals surface area contributed by atoms with Gasteiger partial charge in [0.15, 0.2) is 0 Å². The van der Waals surface area contributed by atoms with Gasteiger partial charge in [-0.3, -0.25) is 0 Å². The Kier molecular flexibility index (Phi) is 4.90. The molecule has 0 N–H and O–H groups in total. The normalized spacial score (nSPS) is 13.3. The molecule has 0 aromatic rings. The van der Waals surface area contributed by atoms with E-state index in [-0.39, 0.29) is 0 Å². The van der Waals surface area contributed by atoms with E-state index in [2.05, 4.69) is 26.7 Å². The molecule has 0 aliphatic rings. The molecule has 0 saturated heterocycles. The summed E-state index contributed by atoms with van der Waals surface area (Å²) in [7, 11) is 1.60. The Hall–Kier alpha value is -1.24. The lowest BCUT2D eigenvalue weighted by Crippen LogP contribution is -1.98. The first-order chi connectivity index (χ1) is 6.02. The topological polar surface area (TPSA) is 9.23 Å². The molecule has 0 saturated carbocycles. The van der Waals surface area contributed by atoms with Gasteiger partial charge in [0.2, 0.25) is 0 Å². The molecule has 0 rings (SSSR count). The number of allylic oxidation sites excluding steroid dienone is 4. The molecular formula is C12H18O. The SMILES string of the molecule is C=C/C(=C\C(=C)OC)C(C)C(=C)C. The molecule has 0 bridgehead atoms. The fourth-order valence-electron chi connectivity index (χ4n) is 0.890. The third-order valence-electron chi connectivity index (χ3n) is 2.06. The van der Waals surface area contributed by atoms with Gasteiger partial charge in [-0.05, 0) is 18.6 Å². The second-order valence-corrected chi connectivity index (χ2v) is 3.09. The maximum Gasteiger partial charge on any atom is 0.111 e. The quantitative estimate of drug-likeness (QED) is 0.356. The Morgan fingerprint density at radius 3 is 2.23 bits per heavy atom. The highest BCUT2D eigenvalue weighted by Crippen LogP contribution is 2.20. The standard InChI is InChI=1S/C12H18O/c1-7-12(8-10(4)13-6)11(5)9(2)3/h7-8,11H,1-2,4H2,3,5-6H3/b12-8+. The van der Waals surface area contributed by atoms with E-state index in [1.54, 1.807) is 7.11 Å². The van der Waals surface area contributed by atoms with Gasteiger partial charge < -0.3 is 4.74 Å². The van der Waals surface area contributed by atoms with E-state index in [9.17, 15) is 0 Å². The van der Waals surface area contributed by atoms with Crippen LogP contribution in [0.3, 0.4) is 0 Å². The first kappa shape index (κ1) is 11.8. The molecule has 1 unspecified atom stereocenters. The highest BCUT2D eigenvalue weighted by molar-refractivity contribution is 5.30. The van der Waals surface area contributed by atoms with Crippen LogP contribution in [0, 0.1) is 5.92 Å². The molecule has 0 aromatic heterocycles. The van der Waals surface area contributed by atoms with Crippen LogP contribution in [-0.2, 0) is 4.74 Å². The minimum atomic E-state index is 0.296. The van der Waals surface area contributed by atoms with Gasteiger partial charge in [0, 0.05) is 5.92 Å². The highest BCUT2D eigenvalue weighted by Gasteiger charge is 2.06. The number of hydrogen-bond donors (Lipinski definition) is 0. The molecule has 0 fully saturated rings. The van der Waals surface area contributed by atoms with Crippen LogP contribution >= 0.6 is 0 Å². The molecule has 0 aliphatic heterocycles. The Labute approximate surface area is 81.1 Å². The van der Waals surface area contributed by atoms with Crippen LogP contribution in [0.25, 0.3) is 0 Å². The lowest BCUT2D eigenvalue weighted by molar-refractivity contribution is 0.308. The Morgan fingerprint density at radius 1 is 1.38 bits per heavy atom. The van der Waals surface area contributed by atoms with Crippen LogP contribution in [0.15, 0.2) is 48.8 Å². The van der Waals surface area contributed by atoms with Crippen molar-refractivity contribution >= 4 is 0 Å². The average Bonchev–Trinajstić information content (AvgIpc) is 2.12. The molecule has 0 spiro atoms. The zero-order valence-electron chi connectivity index (χ0n) is 8.76. The van der Waals surface area contributed by atoms with E-state index in [0.29, 0.717) is 11.7 Å². The summed E-state index contributed by atoms with van der Waals surface area (Å²) in [6.07, 6.45) is 3.69. The summed E-state index contributed by atoms with van der Waals surface area (Å²) in [4.78, 5) is 0. The average molecular weight is 178 g/mol. The van der Waals surface area contributed by atoms with Crippen LogP contribution in [0.2, 0.25) is 0 Å². The fourth-order valence-corrected chi connectivity index (χ4v) is 0.890. The van der Waals surface area contributed by atoms with Crippen molar-refractivity contribution in [3.63, 3.8) is 0 Å². The smallest absolute Gasteiger partial charge is 0.111 e. The van der Waals surface area contributed by atoms with E-state index >= 15 is 0 Å². The van der Waals surface area contributed by atoms with Crippen molar-refractivity contribution in [1.82, 2.24) is 0 Å². The summed E-state index contributed by atoms with van der Waals surface area (Å²) < 4.78 is 4.96. The van der Waals surface area contributed by atoms with Crippen molar-refractivity contribution in [1.29, 1.82) is 0 Å². The van der Waals surface area contributed by atoms with Gasteiger partial charge in [0.25, 0.3) is 0 Å². The molecule has 1 atom stereocenters. The Bertz CT molecular complexity index is 246. The van der Waals surface area contributed by atoms with Crippen LogP contribution in [0.4, 0.5) is 0 Å². The largest absolute Gasteiger partial charge is 0.497 e. The second-order valence-electron chi connectivity index (χ2n) is 3.09. The number of ether oxygens (including phenoxy) is 1. The van der Waals surface area contributed by atoms with E-state index in [1.807, 2.05) is 19.1 Å². The van der Waals surface area contributed by atoms with Crippen LogP contribution < -0.4 is 0 Å². The van der Waals surface area contributed by atoms with Gasteiger partial charge >= 0.3 is 0 Å². The molecule has 0 radical (unpaired) electrons. The molecule has 1 heteroatoms. The summed E-state index contributed by atoms with van der Waals surface area (Å²) in [5.74, 6) is 0.937. The first-order valence-corrected chi connectivity index (χ1v) is 4.25. The summed E-state index contributed by atoms with van der Waals surface area (Å²) >= 11 is 0. The van der Waals surface area contributed by atoms with Crippen LogP contribution in [-0.4, -0.2) is 7.11 Å². The maximum absolute atomic E-state index is 4.96. The molecule has 0 aromatic carbocycles. The Balaban J connectivity index is 4.68. The van der Waals surface area contributed by atoms with Crippen molar-refractivity contribution in [2.75, 3.05) is 7.11 Å². The predicted octanol–water partition coefficient (Wildman–Crippen LogP) is 3.47. The van der Waals surface area contributed by atoms with Gasteiger partial charge in [-0.1, -0.05) is 38.3 Å². The van der Waals surface area contributed by atoms with Crippen molar-refractivity contribution in [3.8, 4) is 0 Å². The van der Waals surface area contributed by atoms with Crippen molar-refractivity contribution < 1.29 is 4.74 Å². The minimum Gasteiger partial charge on any atom is -0.497 e. The summed E-state index contributed by atoms with van der Waals surface area (Å²) in [6.45, 7) is 15.5. The monoisotopic (exact) mass is 178 g/mol. The molecule has 72 valence electrons. The molecule has 1 nitrogen and oxygen atoms in total. The first-order valence-electron chi connectivity index (χ1n) is 4.25. The third kappa shape index (κ3) is 3.79. The van der Waals surface area contributed by atoms with Gasteiger partial charge in [-0.15, -0.1) is 0 Å². The summed E-state index contributed by atoms with van der Waals surface area (Å²) in [6, 6.07) is 0. The van der Waals surface area contributed by atoms with E-state index in [0.717, 1.165) is 11.1 Å². The lowest BCUT2D eigenvalue weighted by Gasteiger charge is -2.12. The number of hydrogen-bond acceptors (Lipinski definition) is 1. The molecule has 0 aliphatic carbocycles. The van der Waals surface area contributed by atoms with Crippen molar-refractivity contribution in [3.05, 3.63) is 48.8 Å². The lowest BCUT2D eigenvalue weighted by atomic mass is 9.94. The third-order valence-corrected chi connectivity index (χ3v) is 2.06. The van der Waals surface area contributed by atoms with Crippen molar-refractivity contribution in [2.24, 2.45) is 5.92 Å². The Morgan fingerprint density at radius 2 is 1.92 bits per heavy atom. The number of methoxy groups -OCH3 is 1. The molecular weight excluding hydrogens is 160 g/mol. The zero-order chi connectivity index (χ0) is 10.4. The molecule has 0 heterocycles. The summed E-state index contributed by atoms with van der Waals surface area (Å²) in [5, 5.41) is 0. The maximum atomic E-state index is 4.96. The van der Waals surface area contributed by atoms with Gasteiger partial charge in [-0.25, -0.2) is 0 Å². The summed E-state index contributed by atoms with van der Waals surface area (Å²) in [5.41, 5.74) is 2.19. The highest BCUT2D eigenvalue weighted by atomic mass is 16.5. The van der Waals surface area contributed by atoms with Crippen LogP contribution in [0.1, 0.15) is 13.8 Å².